The van der Waals surface area contributed by atoms with Gasteiger partial charge in [-0.3, -0.25) is 0 Å². The van der Waals surface area contributed by atoms with Gasteiger partial charge in [-0.05, 0) is 39.9 Å². The molecule has 0 saturated heterocycles. The Morgan fingerprint density at radius 1 is 0.600 bits per heavy atom. The maximum absolute atomic E-state index is 3.77. The van der Waals surface area contributed by atoms with Crippen molar-refractivity contribution in [3.05, 3.63) is 12.7 Å². The SMILES string of the molecule is C=CCCCCCCCCCCCCCCCN(C)C. The highest BCUT2D eigenvalue weighted by Gasteiger charge is 1.94. The highest BCUT2D eigenvalue weighted by molar-refractivity contribution is 4.65. The van der Waals surface area contributed by atoms with Gasteiger partial charge in [0, 0.05) is 0 Å². The second-order valence-corrected chi connectivity index (χ2v) is 6.48. The van der Waals surface area contributed by atoms with Crippen LogP contribution >= 0.6 is 0 Å². The van der Waals surface area contributed by atoms with Crippen LogP contribution in [0, 0.1) is 0 Å². The minimum atomic E-state index is 1.20. The summed E-state index contributed by atoms with van der Waals surface area (Å²) in [5.41, 5.74) is 0. The summed E-state index contributed by atoms with van der Waals surface area (Å²) in [7, 11) is 4.33. The lowest BCUT2D eigenvalue weighted by atomic mass is 10.0. The van der Waals surface area contributed by atoms with Crippen LogP contribution in [0.3, 0.4) is 0 Å². The van der Waals surface area contributed by atoms with Crippen LogP contribution in [-0.4, -0.2) is 25.5 Å². The standard InChI is InChI=1S/C19H39N/c1-4-5-6-7-8-9-10-11-12-13-14-15-16-17-18-19-20(2)3/h4H,1,5-19H2,2-3H3. The third kappa shape index (κ3) is 17.7. The van der Waals surface area contributed by atoms with E-state index in [0.29, 0.717) is 0 Å². The smallest absolute Gasteiger partial charge is 0.00248 e. The third-order valence-corrected chi connectivity index (χ3v) is 4.01. The number of hydrogen-bond acceptors (Lipinski definition) is 1. The van der Waals surface area contributed by atoms with Crippen molar-refractivity contribution in [1.29, 1.82) is 0 Å². The Labute approximate surface area is 128 Å². The Balaban J connectivity index is 2.94. The Kier molecular flexibility index (Phi) is 16.5. The highest BCUT2D eigenvalue weighted by Crippen LogP contribution is 2.13. The van der Waals surface area contributed by atoms with Gasteiger partial charge in [0.15, 0.2) is 0 Å². The summed E-state index contributed by atoms with van der Waals surface area (Å²) in [6, 6.07) is 0. The van der Waals surface area contributed by atoms with Gasteiger partial charge in [0.05, 0.1) is 0 Å². The van der Waals surface area contributed by atoms with Gasteiger partial charge in [-0.15, -0.1) is 6.58 Å². The highest BCUT2D eigenvalue weighted by atomic mass is 15.0. The van der Waals surface area contributed by atoms with Crippen LogP contribution in [0.5, 0.6) is 0 Å². The number of rotatable bonds is 16. The summed E-state index contributed by atoms with van der Waals surface area (Å²) in [5, 5.41) is 0. The van der Waals surface area contributed by atoms with Gasteiger partial charge < -0.3 is 4.90 Å². The van der Waals surface area contributed by atoms with Gasteiger partial charge >= 0.3 is 0 Å². The fourth-order valence-corrected chi connectivity index (χ4v) is 2.66. The molecule has 0 radical (unpaired) electrons. The molecule has 0 aliphatic rings. The Bertz CT molecular complexity index is 186. The Hall–Kier alpha value is -0.300. The van der Waals surface area contributed by atoms with Crippen LogP contribution in [0.4, 0.5) is 0 Å². The summed E-state index contributed by atoms with van der Waals surface area (Å²) < 4.78 is 0. The van der Waals surface area contributed by atoms with Crippen molar-refractivity contribution in [2.75, 3.05) is 20.6 Å². The average Bonchev–Trinajstić information content (AvgIpc) is 2.43. The van der Waals surface area contributed by atoms with Crippen LogP contribution in [0.2, 0.25) is 0 Å². The van der Waals surface area contributed by atoms with E-state index in [0.717, 1.165) is 0 Å². The summed E-state index contributed by atoms with van der Waals surface area (Å²) in [5.74, 6) is 0. The molecule has 0 aromatic carbocycles. The molecular formula is C19H39N. The predicted octanol–water partition coefficient (Wildman–Crippen LogP) is 6.20. The Morgan fingerprint density at radius 2 is 0.950 bits per heavy atom. The zero-order chi connectivity index (χ0) is 14.9. The minimum Gasteiger partial charge on any atom is -0.309 e. The van der Waals surface area contributed by atoms with Gasteiger partial charge in [0.25, 0.3) is 0 Å². The number of nitrogens with zero attached hydrogens (tertiary/aromatic N) is 1. The molecular weight excluding hydrogens is 242 g/mol. The summed E-state index contributed by atoms with van der Waals surface area (Å²) in [4.78, 5) is 2.29. The molecule has 120 valence electrons. The van der Waals surface area contributed by atoms with Crippen LogP contribution in [-0.2, 0) is 0 Å². The van der Waals surface area contributed by atoms with E-state index in [-0.39, 0.29) is 0 Å². The van der Waals surface area contributed by atoms with E-state index in [9.17, 15) is 0 Å². The first-order valence-electron chi connectivity index (χ1n) is 9.03. The normalized spacial score (nSPS) is 11.2. The number of allylic oxidation sites excluding steroid dienone is 1. The number of unbranched alkanes of at least 4 members (excludes halogenated alkanes) is 13. The molecule has 0 rings (SSSR count). The van der Waals surface area contributed by atoms with Crippen molar-refractivity contribution >= 4 is 0 Å². The van der Waals surface area contributed by atoms with Crippen molar-refractivity contribution < 1.29 is 0 Å². The van der Waals surface area contributed by atoms with Crippen molar-refractivity contribution in [2.45, 2.75) is 89.9 Å². The molecule has 0 atom stereocenters. The van der Waals surface area contributed by atoms with Crippen molar-refractivity contribution in [2.24, 2.45) is 0 Å². The molecule has 0 aromatic rings. The Morgan fingerprint density at radius 3 is 1.30 bits per heavy atom. The first kappa shape index (κ1) is 19.7. The summed E-state index contributed by atoms with van der Waals surface area (Å²) in [6.45, 7) is 5.02. The van der Waals surface area contributed by atoms with Crippen LogP contribution in [0.25, 0.3) is 0 Å². The van der Waals surface area contributed by atoms with Crippen LogP contribution in [0.1, 0.15) is 89.9 Å². The molecule has 0 N–H and O–H groups in total. The van der Waals surface area contributed by atoms with Crippen molar-refractivity contribution in [1.82, 2.24) is 4.90 Å². The monoisotopic (exact) mass is 281 g/mol. The maximum atomic E-state index is 3.77. The molecule has 0 aromatic heterocycles. The van der Waals surface area contributed by atoms with E-state index in [1.54, 1.807) is 0 Å². The lowest BCUT2D eigenvalue weighted by molar-refractivity contribution is 0.389. The van der Waals surface area contributed by atoms with Gasteiger partial charge in [-0.2, -0.15) is 0 Å². The van der Waals surface area contributed by atoms with E-state index in [1.165, 1.54) is 96.4 Å². The topological polar surface area (TPSA) is 3.24 Å². The molecule has 0 spiro atoms. The summed E-state index contributed by atoms with van der Waals surface area (Å²) in [6.07, 6.45) is 21.9. The van der Waals surface area contributed by atoms with Gasteiger partial charge in [0.1, 0.15) is 0 Å². The first-order chi connectivity index (χ1) is 9.77. The summed E-state index contributed by atoms with van der Waals surface area (Å²) >= 11 is 0. The van der Waals surface area contributed by atoms with Crippen molar-refractivity contribution in [3.63, 3.8) is 0 Å². The van der Waals surface area contributed by atoms with Crippen molar-refractivity contribution in [3.8, 4) is 0 Å². The molecule has 20 heavy (non-hydrogen) atoms. The van der Waals surface area contributed by atoms with E-state index >= 15 is 0 Å². The lowest BCUT2D eigenvalue weighted by Gasteiger charge is -2.08. The second kappa shape index (κ2) is 16.8. The van der Waals surface area contributed by atoms with Gasteiger partial charge in [-0.25, -0.2) is 0 Å². The minimum absolute atomic E-state index is 1.20. The van der Waals surface area contributed by atoms with E-state index in [1.807, 2.05) is 6.08 Å². The van der Waals surface area contributed by atoms with E-state index in [4.69, 9.17) is 0 Å². The quantitative estimate of drug-likeness (QED) is 0.241. The molecule has 1 nitrogen and oxygen atoms in total. The zero-order valence-corrected chi connectivity index (χ0v) is 14.3. The first-order valence-corrected chi connectivity index (χ1v) is 9.03. The fraction of sp³-hybridized carbons (Fsp3) is 0.895. The maximum Gasteiger partial charge on any atom is -0.00248 e. The second-order valence-electron chi connectivity index (χ2n) is 6.48. The molecule has 0 amide bonds. The molecule has 0 fully saturated rings. The van der Waals surface area contributed by atoms with Crippen LogP contribution < -0.4 is 0 Å². The largest absolute Gasteiger partial charge is 0.309 e. The molecule has 1 heteroatoms. The predicted molar refractivity (Wildman–Crippen MR) is 93.4 cm³/mol. The third-order valence-electron chi connectivity index (χ3n) is 4.01. The molecule has 0 aliphatic heterocycles. The fourth-order valence-electron chi connectivity index (χ4n) is 2.66. The number of hydrogen-bond donors (Lipinski definition) is 0. The molecule has 0 unspecified atom stereocenters. The van der Waals surface area contributed by atoms with Crippen LogP contribution in [0.15, 0.2) is 12.7 Å². The molecule has 0 bridgehead atoms. The van der Waals surface area contributed by atoms with Gasteiger partial charge in [-0.1, -0.05) is 76.7 Å². The van der Waals surface area contributed by atoms with E-state index in [2.05, 4.69) is 25.6 Å². The average molecular weight is 282 g/mol. The lowest BCUT2D eigenvalue weighted by Crippen LogP contribution is -2.12. The van der Waals surface area contributed by atoms with Gasteiger partial charge in [0.2, 0.25) is 0 Å². The molecule has 0 aliphatic carbocycles. The zero-order valence-electron chi connectivity index (χ0n) is 14.3. The van der Waals surface area contributed by atoms with E-state index < -0.39 is 0 Å². The molecule has 0 saturated carbocycles. The molecule has 0 heterocycles.